The van der Waals surface area contributed by atoms with E-state index < -0.39 is 5.82 Å². The van der Waals surface area contributed by atoms with Crippen molar-refractivity contribution in [3.63, 3.8) is 0 Å². The summed E-state index contributed by atoms with van der Waals surface area (Å²) < 4.78 is 19.9. The van der Waals surface area contributed by atoms with Crippen LogP contribution in [-0.2, 0) is 5.88 Å². The highest BCUT2D eigenvalue weighted by Gasteiger charge is 2.12. The summed E-state index contributed by atoms with van der Waals surface area (Å²) in [5, 5.41) is 0.570. The monoisotopic (exact) mass is 348 g/mol. The Morgan fingerprint density at radius 2 is 2.00 bits per heavy atom. The minimum Gasteiger partial charge on any atom is -0.453 e. The van der Waals surface area contributed by atoms with Gasteiger partial charge < -0.3 is 4.74 Å². The van der Waals surface area contributed by atoms with Gasteiger partial charge in [-0.1, -0.05) is 23.7 Å². The molecule has 5 heteroatoms. The maximum Gasteiger partial charge on any atom is 0.167 e. The van der Waals surface area contributed by atoms with Gasteiger partial charge >= 0.3 is 0 Å². The van der Waals surface area contributed by atoms with E-state index in [9.17, 15) is 4.39 Å². The maximum atomic E-state index is 13.7. The predicted molar refractivity (Wildman–Crippen MR) is 75.2 cm³/mol. The summed E-state index contributed by atoms with van der Waals surface area (Å²) in [6.45, 7) is 0. The van der Waals surface area contributed by atoms with Crippen molar-refractivity contribution < 1.29 is 9.13 Å². The van der Waals surface area contributed by atoms with Crippen LogP contribution >= 0.6 is 39.1 Å². The molecule has 0 N–H and O–H groups in total. The molecule has 0 saturated carbocycles. The first kappa shape index (κ1) is 13.7. The van der Waals surface area contributed by atoms with E-state index in [-0.39, 0.29) is 11.6 Å². The zero-order chi connectivity index (χ0) is 13.1. The Balaban J connectivity index is 2.39. The molecule has 0 unspecified atom stereocenters. The first-order valence-corrected chi connectivity index (χ1v) is 6.78. The molecule has 2 rings (SSSR count). The van der Waals surface area contributed by atoms with Crippen LogP contribution in [0.2, 0.25) is 5.02 Å². The normalized spacial score (nSPS) is 10.4. The molecule has 0 spiro atoms. The molecule has 18 heavy (non-hydrogen) atoms. The Morgan fingerprint density at radius 1 is 1.22 bits per heavy atom. The lowest BCUT2D eigenvalue weighted by Crippen LogP contribution is -1.94. The molecule has 0 bridgehead atoms. The van der Waals surface area contributed by atoms with Gasteiger partial charge in [-0.2, -0.15) is 0 Å². The minimum absolute atomic E-state index is 0.135. The number of benzene rings is 2. The highest BCUT2D eigenvalue weighted by atomic mass is 79.9. The molecule has 0 radical (unpaired) electrons. The van der Waals surface area contributed by atoms with E-state index >= 15 is 0 Å². The van der Waals surface area contributed by atoms with E-state index in [2.05, 4.69) is 15.9 Å². The fourth-order valence-electron chi connectivity index (χ4n) is 1.44. The molecule has 0 aromatic heterocycles. The van der Waals surface area contributed by atoms with E-state index in [1.807, 2.05) is 0 Å². The van der Waals surface area contributed by atoms with Crippen LogP contribution in [0.1, 0.15) is 5.56 Å². The Morgan fingerprint density at radius 3 is 2.67 bits per heavy atom. The van der Waals surface area contributed by atoms with Crippen LogP contribution in [0.4, 0.5) is 4.39 Å². The summed E-state index contributed by atoms with van der Waals surface area (Å²) in [5.74, 6) is 0.347. The summed E-state index contributed by atoms with van der Waals surface area (Å²) in [4.78, 5) is 0. The number of halogens is 4. The summed E-state index contributed by atoms with van der Waals surface area (Å²) in [6.07, 6.45) is 0. The number of para-hydroxylation sites is 1. The number of ether oxygens (including phenoxy) is 1. The first-order chi connectivity index (χ1) is 8.61. The summed E-state index contributed by atoms with van der Waals surface area (Å²) in [7, 11) is 0. The molecule has 0 aliphatic rings. The standard InChI is InChI=1S/C13H8BrCl2FO/c14-10-6-9(16)4-5-12(10)18-13-8(7-15)2-1-3-11(13)17/h1-6H,7H2. The average Bonchev–Trinajstić information content (AvgIpc) is 2.34. The van der Waals surface area contributed by atoms with Crippen molar-refractivity contribution in [3.05, 3.63) is 57.3 Å². The molecule has 0 fully saturated rings. The maximum absolute atomic E-state index is 13.7. The second-order valence-electron chi connectivity index (χ2n) is 3.54. The minimum atomic E-state index is -0.449. The number of alkyl halides is 1. The molecular formula is C13H8BrCl2FO. The van der Waals surface area contributed by atoms with Crippen molar-refractivity contribution in [3.8, 4) is 11.5 Å². The Hall–Kier alpha value is -0.770. The molecule has 0 aliphatic carbocycles. The summed E-state index contributed by atoms with van der Waals surface area (Å²) in [6, 6.07) is 9.65. The van der Waals surface area contributed by atoms with Crippen LogP contribution in [-0.4, -0.2) is 0 Å². The van der Waals surface area contributed by atoms with Crippen molar-refractivity contribution in [2.75, 3.05) is 0 Å². The Bertz CT molecular complexity index is 575. The molecular weight excluding hydrogens is 342 g/mol. The molecule has 1 nitrogen and oxygen atoms in total. The second kappa shape index (κ2) is 5.91. The third-order valence-electron chi connectivity index (χ3n) is 2.30. The van der Waals surface area contributed by atoms with Crippen molar-refractivity contribution in [1.82, 2.24) is 0 Å². The molecule has 0 amide bonds. The SMILES string of the molecule is Fc1cccc(CCl)c1Oc1ccc(Cl)cc1Br. The summed E-state index contributed by atoms with van der Waals surface area (Å²) >= 11 is 14.9. The van der Waals surface area contributed by atoms with E-state index in [0.717, 1.165) is 0 Å². The van der Waals surface area contributed by atoms with Crippen LogP contribution in [0, 0.1) is 5.82 Å². The lowest BCUT2D eigenvalue weighted by molar-refractivity contribution is 0.436. The largest absolute Gasteiger partial charge is 0.453 e. The average molecular weight is 350 g/mol. The molecule has 0 atom stereocenters. The number of hydrogen-bond donors (Lipinski definition) is 0. The van der Waals surface area contributed by atoms with Gasteiger partial charge in [0.25, 0.3) is 0 Å². The quantitative estimate of drug-likeness (QED) is 0.639. The zero-order valence-corrected chi connectivity index (χ0v) is 12.2. The van der Waals surface area contributed by atoms with Crippen molar-refractivity contribution in [2.24, 2.45) is 0 Å². The number of rotatable bonds is 3. The fourth-order valence-corrected chi connectivity index (χ4v) is 2.42. The van der Waals surface area contributed by atoms with Gasteiger partial charge in [0.05, 0.1) is 10.4 Å². The van der Waals surface area contributed by atoms with Crippen LogP contribution in [0.3, 0.4) is 0 Å². The molecule has 2 aromatic carbocycles. The topological polar surface area (TPSA) is 9.23 Å². The van der Waals surface area contributed by atoms with Crippen LogP contribution in [0.25, 0.3) is 0 Å². The number of hydrogen-bond acceptors (Lipinski definition) is 1. The van der Waals surface area contributed by atoms with Gasteiger partial charge in [0.2, 0.25) is 0 Å². The van der Waals surface area contributed by atoms with Gasteiger partial charge in [-0.05, 0) is 40.2 Å². The van der Waals surface area contributed by atoms with Gasteiger partial charge in [0.1, 0.15) is 5.75 Å². The van der Waals surface area contributed by atoms with Crippen LogP contribution < -0.4 is 4.74 Å². The lowest BCUT2D eigenvalue weighted by Gasteiger charge is -2.11. The van der Waals surface area contributed by atoms with E-state index in [1.165, 1.54) is 6.07 Å². The smallest absolute Gasteiger partial charge is 0.167 e. The van der Waals surface area contributed by atoms with E-state index in [1.54, 1.807) is 30.3 Å². The fraction of sp³-hybridized carbons (Fsp3) is 0.0769. The molecule has 0 saturated heterocycles. The molecule has 0 heterocycles. The van der Waals surface area contributed by atoms with E-state index in [4.69, 9.17) is 27.9 Å². The highest BCUT2D eigenvalue weighted by molar-refractivity contribution is 9.10. The van der Waals surface area contributed by atoms with Crippen molar-refractivity contribution >= 4 is 39.1 Å². The zero-order valence-electron chi connectivity index (χ0n) is 9.09. The molecule has 2 aromatic rings. The third-order valence-corrected chi connectivity index (χ3v) is 3.44. The van der Waals surface area contributed by atoms with Crippen LogP contribution in [0.5, 0.6) is 11.5 Å². The molecule has 0 aliphatic heterocycles. The first-order valence-electron chi connectivity index (χ1n) is 5.08. The van der Waals surface area contributed by atoms with Gasteiger partial charge in [-0.25, -0.2) is 4.39 Å². The van der Waals surface area contributed by atoms with Crippen molar-refractivity contribution in [1.29, 1.82) is 0 Å². The third kappa shape index (κ3) is 2.97. The van der Waals surface area contributed by atoms with Gasteiger partial charge in [-0.3, -0.25) is 0 Å². The Kier molecular flexibility index (Phi) is 4.49. The summed E-state index contributed by atoms with van der Waals surface area (Å²) in [5.41, 5.74) is 0.596. The van der Waals surface area contributed by atoms with Crippen molar-refractivity contribution in [2.45, 2.75) is 5.88 Å². The predicted octanol–water partition coefficient (Wildman–Crippen LogP) is 5.77. The van der Waals surface area contributed by atoms with Gasteiger partial charge in [0.15, 0.2) is 11.6 Å². The van der Waals surface area contributed by atoms with Gasteiger partial charge in [0, 0.05) is 10.6 Å². The Labute approximate surface area is 123 Å². The van der Waals surface area contributed by atoms with Gasteiger partial charge in [-0.15, -0.1) is 11.6 Å². The lowest BCUT2D eigenvalue weighted by atomic mass is 10.2. The van der Waals surface area contributed by atoms with E-state index in [0.29, 0.717) is 20.8 Å². The molecule has 94 valence electrons. The second-order valence-corrected chi connectivity index (χ2v) is 5.10. The van der Waals surface area contributed by atoms with Crippen LogP contribution in [0.15, 0.2) is 40.9 Å². The highest BCUT2D eigenvalue weighted by Crippen LogP contribution is 2.35.